The van der Waals surface area contributed by atoms with Crippen molar-refractivity contribution in [3.63, 3.8) is 0 Å². The third kappa shape index (κ3) is 2.88. The molecule has 2 N–H and O–H groups in total. The van der Waals surface area contributed by atoms with Gasteiger partial charge in [0.25, 0.3) is 11.5 Å². The number of amides is 1. The van der Waals surface area contributed by atoms with Crippen LogP contribution < -0.4 is 10.9 Å². The lowest BCUT2D eigenvalue weighted by Gasteiger charge is -2.05. The summed E-state index contributed by atoms with van der Waals surface area (Å²) in [7, 11) is 0. The second kappa shape index (κ2) is 5.20. The smallest absolute Gasteiger partial charge is 0.276 e. The summed E-state index contributed by atoms with van der Waals surface area (Å²) >= 11 is 11.6. The largest absolute Gasteiger partial charge is 0.321 e. The van der Waals surface area contributed by atoms with Gasteiger partial charge < -0.3 is 5.32 Å². The van der Waals surface area contributed by atoms with Crippen molar-refractivity contribution in [2.75, 3.05) is 5.32 Å². The molecule has 0 saturated heterocycles. The van der Waals surface area contributed by atoms with E-state index < -0.39 is 5.91 Å². The van der Waals surface area contributed by atoms with Crippen molar-refractivity contribution < 1.29 is 4.79 Å². The molecule has 0 fully saturated rings. The van der Waals surface area contributed by atoms with E-state index in [1.165, 1.54) is 18.2 Å². The third-order valence-corrected chi connectivity index (χ3v) is 2.83. The Morgan fingerprint density at radius 3 is 2.56 bits per heavy atom. The summed E-state index contributed by atoms with van der Waals surface area (Å²) in [6.45, 7) is 0. The SMILES string of the molecule is O=C(Nc1ccc(Cl)c(Cl)c1)c1ccc(=O)[nH]n1. The molecule has 0 saturated carbocycles. The van der Waals surface area contributed by atoms with Crippen LogP contribution in [0.15, 0.2) is 35.1 Å². The highest BCUT2D eigenvalue weighted by Crippen LogP contribution is 2.25. The lowest BCUT2D eigenvalue weighted by molar-refractivity contribution is 0.102. The van der Waals surface area contributed by atoms with Crippen LogP contribution in [0.25, 0.3) is 0 Å². The van der Waals surface area contributed by atoms with Gasteiger partial charge in [-0.05, 0) is 24.3 Å². The number of rotatable bonds is 2. The molecule has 0 atom stereocenters. The summed E-state index contributed by atoms with van der Waals surface area (Å²) in [4.78, 5) is 22.6. The Labute approximate surface area is 112 Å². The van der Waals surface area contributed by atoms with Gasteiger partial charge in [-0.1, -0.05) is 23.2 Å². The van der Waals surface area contributed by atoms with E-state index in [0.29, 0.717) is 15.7 Å². The predicted octanol–water partition coefficient (Wildman–Crippen LogP) is 2.33. The molecular formula is C11H7Cl2N3O2. The molecule has 0 spiro atoms. The fourth-order valence-corrected chi connectivity index (χ4v) is 1.54. The van der Waals surface area contributed by atoms with Crippen LogP contribution in [0, 0.1) is 0 Å². The van der Waals surface area contributed by atoms with Crippen LogP contribution in [0.4, 0.5) is 5.69 Å². The maximum absolute atomic E-state index is 11.7. The molecule has 0 aliphatic heterocycles. The lowest BCUT2D eigenvalue weighted by atomic mass is 10.3. The van der Waals surface area contributed by atoms with Gasteiger partial charge in [0.05, 0.1) is 10.0 Å². The molecule has 2 rings (SSSR count). The first-order chi connectivity index (χ1) is 8.56. The molecule has 92 valence electrons. The number of hydrogen-bond donors (Lipinski definition) is 2. The van der Waals surface area contributed by atoms with Crippen molar-refractivity contribution in [1.82, 2.24) is 10.2 Å². The Hall–Kier alpha value is -1.85. The van der Waals surface area contributed by atoms with Crippen LogP contribution in [-0.2, 0) is 0 Å². The van der Waals surface area contributed by atoms with E-state index in [9.17, 15) is 9.59 Å². The Bertz CT molecular complexity index is 634. The quantitative estimate of drug-likeness (QED) is 0.888. The van der Waals surface area contributed by atoms with Crippen LogP contribution in [0.3, 0.4) is 0 Å². The molecular weight excluding hydrogens is 277 g/mol. The predicted molar refractivity (Wildman–Crippen MR) is 69.3 cm³/mol. The van der Waals surface area contributed by atoms with Gasteiger partial charge in [-0.25, -0.2) is 5.10 Å². The van der Waals surface area contributed by atoms with E-state index in [1.807, 2.05) is 0 Å². The van der Waals surface area contributed by atoms with Crippen molar-refractivity contribution in [3.8, 4) is 0 Å². The molecule has 0 radical (unpaired) electrons. The van der Waals surface area contributed by atoms with E-state index in [-0.39, 0.29) is 11.3 Å². The Morgan fingerprint density at radius 2 is 1.94 bits per heavy atom. The molecule has 0 aliphatic carbocycles. The van der Waals surface area contributed by atoms with Crippen LogP contribution in [0.1, 0.15) is 10.5 Å². The van der Waals surface area contributed by atoms with E-state index in [0.717, 1.165) is 0 Å². The van der Waals surface area contributed by atoms with Crippen LogP contribution >= 0.6 is 23.2 Å². The van der Waals surface area contributed by atoms with E-state index in [1.54, 1.807) is 12.1 Å². The third-order valence-electron chi connectivity index (χ3n) is 2.09. The number of benzene rings is 1. The second-order valence-electron chi connectivity index (χ2n) is 3.39. The number of carbonyl (C=O) groups is 1. The lowest BCUT2D eigenvalue weighted by Crippen LogP contribution is -2.17. The molecule has 1 aromatic carbocycles. The standard InChI is InChI=1S/C11H7Cl2N3O2/c12-7-2-1-6(5-8(7)13)14-11(18)9-3-4-10(17)16-15-9/h1-5H,(H,14,18)(H,16,17). The molecule has 0 unspecified atom stereocenters. The number of nitrogens with zero attached hydrogens (tertiary/aromatic N) is 1. The molecule has 1 amide bonds. The normalized spacial score (nSPS) is 10.1. The first-order valence-corrected chi connectivity index (χ1v) is 5.64. The van der Waals surface area contributed by atoms with Gasteiger partial charge >= 0.3 is 0 Å². The fraction of sp³-hybridized carbons (Fsp3) is 0. The summed E-state index contributed by atoms with van der Waals surface area (Å²) in [6.07, 6.45) is 0. The first-order valence-electron chi connectivity index (χ1n) is 4.88. The van der Waals surface area contributed by atoms with Gasteiger partial charge in [0, 0.05) is 11.8 Å². The molecule has 0 bridgehead atoms. The summed E-state index contributed by atoms with van der Waals surface area (Å²) < 4.78 is 0. The van der Waals surface area contributed by atoms with Gasteiger partial charge in [0.2, 0.25) is 0 Å². The van der Waals surface area contributed by atoms with Crippen molar-refractivity contribution in [2.24, 2.45) is 0 Å². The van der Waals surface area contributed by atoms with Crippen molar-refractivity contribution in [1.29, 1.82) is 0 Å². The van der Waals surface area contributed by atoms with Gasteiger partial charge in [-0.2, -0.15) is 5.10 Å². The second-order valence-corrected chi connectivity index (χ2v) is 4.20. The summed E-state index contributed by atoms with van der Waals surface area (Å²) in [5.41, 5.74) is 0.212. The maximum Gasteiger partial charge on any atom is 0.276 e. The Morgan fingerprint density at radius 1 is 1.17 bits per heavy atom. The zero-order chi connectivity index (χ0) is 13.1. The van der Waals surface area contributed by atoms with Gasteiger partial charge in [-0.15, -0.1) is 0 Å². The van der Waals surface area contributed by atoms with Crippen molar-refractivity contribution >= 4 is 34.8 Å². The van der Waals surface area contributed by atoms with Gasteiger partial charge in [0.1, 0.15) is 5.69 Å². The average molecular weight is 284 g/mol. The zero-order valence-electron chi connectivity index (χ0n) is 8.91. The number of hydrogen-bond acceptors (Lipinski definition) is 3. The highest BCUT2D eigenvalue weighted by molar-refractivity contribution is 6.42. The molecule has 5 nitrogen and oxygen atoms in total. The maximum atomic E-state index is 11.7. The molecule has 2 aromatic rings. The molecule has 1 heterocycles. The highest BCUT2D eigenvalue weighted by atomic mass is 35.5. The zero-order valence-corrected chi connectivity index (χ0v) is 10.4. The number of anilines is 1. The van der Waals surface area contributed by atoms with Crippen LogP contribution in [-0.4, -0.2) is 16.1 Å². The minimum Gasteiger partial charge on any atom is -0.321 e. The van der Waals surface area contributed by atoms with Crippen LogP contribution in [0.5, 0.6) is 0 Å². The molecule has 1 aromatic heterocycles. The Kier molecular flexibility index (Phi) is 3.64. The first kappa shape index (κ1) is 12.6. The number of nitrogens with one attached hydrogen (secondary N) is 2. The number of halogens is 2. The van der Waals surface area contributed by atoms with Crippen LogP contribution in [0.2, 0.25) is 10.0 Å². The average Bonchev–Trinajstić information content (AvgIpc) is 2.34. The summed E-state index contributed by atoms with van der Waals surface area (Å²) in [5.74, 6) is -0.454. The summed E-state index contributed by atoms with van der Waals surface area (Å²) in [6, 6.07) is 7.24. The summed E-state index contributed by atoms with van der Waals surface area (Å²) in [5, 5.41) is 9.10. The van der Waals surface area contributed by atoms with Crippen molar-refractivity contribution in [3.05, 3.63) is 56.4 Å². The number of aromatic nitrogens is 2. The number of H-pyrrole nitrogens is 1. The monoisotopic (exact) mass is 283 g/mol. The highest BCUT2D eigenvalue weighted by Gasteiger charge is 2.08. The van der Waals surface area contributed by atoms with Crippen molar-refractivity contribution in [2.45, 2.75) is 0 Å². The van der Waals surface area contributed by atoms with Gasteiger partial charge in [0.15, 0.2) is 0 Å². The number of aromatic amines is 1. The minimum absolute atomic E-state index is 0.0978. The van der Waals surface area contributed by atoms with Gasteiger partial charge in [-0.3, -0.25) is 9.59 Å². The topological polar surface area (TPSA) is 74.8 Å². The van der Waals surface area contributed by atoms with E-state index in [2.05, 4.69) is 15.5 Å². The fourth-order valence-electron chi connectivity index (χ4n) is 1.24. The van der Waals surface area contributed by atoms with E-state index in [4.69, 9.17) is 23.2 Å². The molecule has 18 heavy (non-hydrogen) atoms. The Balaban J connectivity index is 2.18. The molecule has 7 heteroatoms. The minimum atomic E-state index is -0.454. The molecule has 0 aliphatic rings. The van der Waals surface area contributed by atoms with E-state index >= 15 is 0 Å². The number of carbonyl (C=O) groups excluding carboxylic acids is 1.